The summed E-state index contributed by atoms with van der Waals surface area (Å²) in [5.41, 5.74) is 2.68. The van der Waals surface area contributed by atoms with E-state index in [1.54, 1.807) is 14.0 Å². The van der Waals surface area contributed by atoms with Crippen LogP contribution in [0.3, 0.4) is 0 Å². The molecule has 0 atom stereocenters. The van der Waals surface area contributed by atoms with Gasteiger partial charge in [-0.2, -0.15) is 0 Å². The normalized spacial score (nSPS) is 10.6. The molecule has 0 saturated carbocycles. The molecule has 3 aromatic rings. The van der Waals surface area contributed by atoms with Crippen molar-refractivity contribution in [2.24, 2.45) is 0 Å². The molecule has 28 heavy (non-hydrogen) atoms. The van der Waals surface area contributed by atoms with E-state index in [2.05, 4.69) is 26.2 Å². The fourth-order valence-electron chi connectivity index (χ4n) is 2.84. The lowest BCUT2D eigenvalue weighted by molar-refractivity contribution is -0.116. The topological polar surface area (TPSA) is 73.2 Å². The number of carbonyl (C=O) groups is 1. The highest BCUT2D eigenvalue weighted by molar-refractivity contribution is 9.10. The van der Waals surface area contributed by atoms with Crippen molar-refractivity contribution in [1.29, 1.82) is 0 Å². The predicted molar refractivity (Wildman–Crippen MR) is 113 cm³/mol. The Bertz CT molecular complexity index is 1090. The van der Waals surface area contributed by atoms with E-state index in [-0.39, 0.29) is 18.0 Å². The average molecular weight is 442 g/mol. The molecule has 0 aliphatic heterocycles. The van der Waals surface area contributed by atoms with Crippen LogP contribution in [0.25, 0.3) is 11.3 Å². The van der Waals surface area contributed by atoms with Crippen molar-refractivity contribution in [2.75, 3.05) is 12.4 Å². The molecule has 6 nitrogen and oxygen atoms in total. The zero-order valence-electron chi connectivity index (χ0n) is 15.8. The number of hydrogen-bond donors (Lipinski definition) is 1. The summed E-state index contributed by atoms with van der Waals surface area (Å²) in [6, 6.07) is 14.3. The van der Waals surface area contributed by atoms with E-state index in [1.807, 2.05) is 49.4 Å². The molecule has 2 aromatic carbocycles. The maximum atomic E-state index is 12.6. The predicted octanol–water partition coefficient (Wildman–Crippen LogP) is 3.94. The molecule has 0 aliphatic carbocycles. The minimum Gasteiger partial charge on any atom is -0.497 e. The summed E-state index contributed by atoms with van der Waals surface area (Å²) in [4.78, 5) is 29.5. The van der Waals surface area contributed by atoms with Crippen LogP contribution < -0.4 is 15.6 Å². The highest BCUT2D eigenvalue weighted by atomic mass is 79.9. The van der Waals surface area contributed by atoms with Crippen LogP contribution in [0, 0.1) is 13.8 Å². The van der Waals surface area contributed by atoms with Gasteiger partial charge in [0, 0.05) is 21.8 Å². The van der Waals surface area contributed by atoms with Crippen LogP contribution >= 0.6 is 15.9 Å². The first-order chi connectivity index (χ1) is 13.4. The van der Waals surface area contributed by atoms with E-state index < -0.39 is 0 Å². The van der Waals surface area contributed by atoms with Crippen LogP contribution in [0.1, 0.15) is 11.4 Å². The molecular weight excluding hydrogens is 422 g/mol. The van der Waals surface area contributed by atoms with Crippen molar-refractivity contribution >= 4 is 27.5 Å². The maximum absolute atomic E-state index is 12.6. The van der Waals surface area contributed by atoms with Gasteiger partial charge >= 0.3 is 0 Å². The molecule has 0 radical (unpaired) electrons. The molecule has 0 spiro atoms. The number of benzene rings is 2. The number of halogens is 1. The van der Waals surface area contributed by atoms with Crippen molar-refractivity contribution in [3.8, 4) is 17.0 Å². The average Bonchev–Trinajstić information content (AvgIpc) is 2.67. The zero-order chi connectivity index (χ0) is 20.3. The lowest BCUT2D eigenvalue weighted by atomic mass is 10.1. The number of amides is 1. The molecule has 0 saturated heterocycles. The van der Waals surface area contributed by atoms with E-state index in [9.17, 15) is 9.59 Å². The Kier molecular flexibility index (Phi) is 5.94. The third kappa shape index (κ3) is 4.48. The van der Waals surface area contributed by atoms with Crippen molar-refractivity contribution < 1.29 is 9.53 Å². The molecule has 1 aromatic heterocycles. The minimum absolute atomic E-state index is 0.106. The first kappa shape index (κ1) is 19.8. The molecule has 0 fully saturated rings. The standard InChI is InChI=1S/C21H20BrN3O3/c1-13-9-16(22)7-8-18(13)24-20(26)12-25-14(2)23-19(11-21(25)27)15-5-4-6-17(10-15)28-3/h4-11H,12H2,1-3H3,(H,24,26). The van der Waals surface area contributed by atoms with E-state index in [4.69, 9.17) is 4.74 Å². The highest BCUT2D eigenvalue weighted by Gasteiger charge is 2.12. The molecular formula is C21H20BrN3O3. The fourth-order valence-corrected chi connectivity index (χ4v) is 3.32. The fraction of sp³-hybridized carbons (Fsp3) is 0.190. The molecule has 1 N–H and O–H groups in total. The summed E-state index contributed by atoms with van der Waals surface area (Å²) in [5.74, 6) is 0.866. The monoisotopic (exact) mass is 441 g/mol. The minimum atomic E-state index is -0.286. The number of aromatic nitrogens is 2. The van der Waals surface area contributed by atoms with Gasteiger partial charge in [-0.3, -0.25) is 14.2 Å². The van der Waals surface area contributed by atoms with Gasteiger partial charge in [-0.15, -0.1) is 0 Å². The summed E-state index contributed by atoms with van der Waals surface area (Å²) >= 11 is 3.40. The first-order valence-corrected chi connectivity index (χ1v) is 9.45. The van der Waals surface area contributed by atoms with Gasteiger partial charge in [-0.25, -0.2) is 4.98 Å². The third-order valence-electron chi connectivity index (χ3n) is 4.33. The number of nitrogens with one attached hydrogen (secondary N) is 1. The summed E-state index contributed by atoms with van der Waals surface area (Å²) < 4.78 is 7.51. The Morgan fingerprint density at radius 1 is 1.18 bits per heavy atom. The van der Waals surface area contributed by atoms with E-state index in [1.165, 1.54) is 10.6 Å². The Labute approximate surface area is 171 Å². The lowest BCUT2D eigenvalue weighted by Crippen LogP contribution is -2.30. The first-order valence-electron chi connectivity index (χ1n) is 8.66. The number of aryl methyl sites for hydroxylation is 2. The number of ether oxygens (including phenoxy) is 1. The van der Waals surface area contributed by atoms with E-state index in [0.29, 0.717) is 23.0 Å². The van der Waals surface area contributed by atoms with Crippen molar-refractivity contribution in [3.05, 3.63) is 74.7 Å². The van der Waals surface area contributed by atoms with Crippen LogP contribution in [-0.2, 0) is 11.3 Å². The van der Waals surface area contributed by atoms with Gasteiger partial charge in [-0.1, -0.05) is 28.1 Å². The molecule has 3 rings (SSSR count). The maximum Gasteiger partial charge on any atom is 0.254 e. The SMILES string of the molecule is COc1cccc(-c2cc(=O)n(CC(=O)Nc3ccc(Br)cc3C)c(C)n2)c1. The molecule has 1 heterocycles. The quantitative estimate of drug-likeness (QED) is 0.650. The Morgan fingerprint density at radius 3 is 2.64 bits per heavy atom. The van der Waals surface area contributed by atoms with Crippen molar-refractivity contribution in [1.82, 2.24) is 9.55 Å². The third-order valence-corrected chi connectivity index (χ3v) is 4.82. The van der Waals surface area contributed by atoms with Crippen LogP contribution in [0.4, 0.5) is 5.69 Å². The second-order valence-corrected chi connectivity index (χ2v) is 7.27. The Balaban J connectivity index is 1.83. The largest absolute Gasteiger partial charge is 0.497 e. The van der Waals surface area contributed by atoms with Crippen LogP contribution in [0.2, 0.25) is 0 Å². The molecule has 144 valence electrons. The molecule has 0 bridgehead atoms. The number of carbonyl (C=O) groups excluding carboxylic acids is 1. The second-order valence-electron chi connectivity index (χ2n) is 6.35. The smallest absolute Gasteiger partial charge is 0.254 e. The van der Waals surface area contributed by atoms with Gasteiger partial charge in [0.1, 0.15) is 18.1 Å². The van der Waals surface area contributed by atoms with Gasteiger partial charge in [-0.05, 0) is 49.7 Å². The van der Waals surface area contributed by atoms with Crippen LogP contribution in [0.5, 0.6) is 5.75 Å². The molecule has 0 unspecified atom stereocenters. The van der Waals surface area contributed by atoms with Crippen LogP contribution in [0.15, 0.2) is 57.8 Å². The number of rotatable bonds is 5. The van der Waals surface area contributed by atoms with Gasteiger partial charge in [0.05, 0.1) is 12.8 Å². The van der Waals surface area contributed by atoms with E-state index in [0.717, 1.165) is 15.6 Å². The molecule has 1 amide bonds. The summed E-state index contributed by atoms with van der Waals surface area (Å²) in [6.45, 7) is 3.51. The Morgan fingerprint density at radius 2 is 1.96 bits per heavy atom. The van der Waals surface area contributed by atoms with Gasteiger partial charge in [0.2, 0.25) is 5.91 Å². The summed E-state index contributed by atoms with van der Waals surface area (Å²) in [5, 5.41) is 2.84. The number of nitrogens with zero attached hydrogens (tertiary/aromatic N) is 2. The zero-order valence-corrected chi connectivity index (χ0v) is 17.4. The molecule has 0 aliphatic rings. The summed E-state index contributed by atoms with van der Waals surface area (Å²) in [7, 11) is 1.58. The van der Waals surface area contributed by atoms with Gasteiger partial charge in [0.25, 0.3) is 5.56 Å². The number of anilines is 1. The van der Waals surface area contributed by atoms with Crippen molar-refractivity contribution in [3.63, 3.8) is 0 Å². The Hall–Kier alpha value is -2.93. The lowest BCUT2D eigenvalue weighted by Gasteiger charge is -2.13. The highest BCUT2D eigenvalue weighted by Crippen LogP contribution is 2.22. The van der Waals surface area contributed by atoms with E-state index >= 15 is 0 Å². The number of methoxy groups -OCH3 is 1. The second kappa shape index (κ2) is 8.39. The number of hydrogen-bond acceptors (Lipinski definition) is 4. The molecule has 7 heteroatoms. The van der Waals surface area contributed by atoms with Gasteiger partial charge < -0.3 is 10.1 Å². The van der Waals surface area contributed by atoms with Crippen molar-refractivity contribution in [2.45, 2.75) is 20.4 Å². The van der Waals surface area contributed by atoms with Crippen LogP contribution in [-0.4, -0.2) is 22.6 Å². The van der Waals surface area contributed by atoms with Gasteiger partial charge in [0.15, 0.2) is 0 Å². The summed E-state index contributed by atoms with van der Waals surface area (Å²) in [6.07, 6.45) is 0.